The number of imidazole rings is 1. The maximum atomic E-state index is 12.9. The van der Waals surface area contributed by atoms with Crippen molar-refractivity contribution >= 4 is 23.4 Å². The first-order chi connectivity index (χ1) is 15.9. The molecule has 1 unspecified atom stereocenters. The van der Waals surface area contributed by atoms with Crippen LogP contribution in [0.1, 0.15) is 68.3 Å². The summed E-state index contributed by atoms with van der Waals surface area (Å²) < 4.78 is 19.1. The van der Waals surface area contributed by atoms with Gasteiger partial charge in [-0.1, -0.05) is 6.08 Å². The van der Waals surface area contributed by atoms with Gasteiger partial charge in [-0.15, -0.1) is 6.58 Å². The minimum Gasteiger partial charge on any atom is -0.476 e. The van der Waals surface area contributed by atoms with Crippen LogP contribution in [0.5, 0.6) is 0 Å². The van der Waals surface area contributed by atoms with Crippen LogP contribution in [-0.2, 0) is 19.0 Å². The summed E-state index contributed by atoms with van der Waals surface area (Å²) in [5.74, 6) is -0.956. The predicted molar refractivity (Wildman–Crippen MR) is 128 cm³/mol. The number of ether oxygens (including phenoxy) is 3. The van der Waals surface area contributed by atoms with Crippen LogP contribution in [-0.4, -0.2) is 64.4 Å². The number of methoxy groups -OCH3 is 1. The number of nitrogens with zero attached hydrogens (tertiary/aromatic N) is 3. The molecule has 0 amide bonds. The van der Waals surface area contributed by atoms with Crippen LogP contribution in [0.15, 0.2) is 24.9 Å². The second-order valence-electron chi connectivity index (χ2n) is 9.89. The predicted octanol–water partition coefficient (Wildman–Crippen LogP) is 3.93. The highest BCUT2D eigenvalue weighted by Crippen LogP contribution is 2.39. The standard InChI is InChI=1S/C25H35N3O6/c1-8-13-33-25(6)9-11-27(12-10-25)21-19(20(23(31)32-7)34-24(3,4)5)16(2)14-18-26-17(22(29)30)15-28(18)21/h8,14-15,20H,1,9-13H2,2-7H3,(H,29,30). The highest BCUT2D eigenvalue weighted by Gasteiger charge is 2.37. The lowest BCUT2D eigenvalue weighted by atomic mass is 9.92. The summed E-state index contributed by atoms with van der Waals surface area (Å²) in [6.45, 7) is 15.1. The van der Waals surface area contributed by atoms with Gasteiger partial charge in [-0.2, -0.15) is 0 Å². The van der Waals surface area contributed by atoms with E-state index in [0.29, 0.717) is 36.7 Å². The van der Waals surface area contributed by atoms with Gasteiger partial charge in [0.15, 0.2) is 11.8 Å². The van der Waals surface area contributed by atoms with E-state index in [1.807, 2.05) is 27.7 Å². The molecule has 2 aromatic heterocycles. The van der Waals surface area contributed by atoms with Gasteiger partial charge in [-0.05, 0) is 59.1 Å². The molecule has 0 aromatic carbocycles. The number of rotatable bonds is 8. The fraction of sp³-hybridized carbons (Fsp3) is 0.560. The zero-order valence-corrected chi connectivity index (χ0v) is 20.9. The first-order valence-corrected chi connectivity index (χ1v) is 11.4. The third kappa shape index (κ3) is 5.42. The van der Waals surface area contributed by atoms with E-state index in [1.165, 1.54) is 13.3 Å². The topological polar surface area (TPSA) is 103 Å². The summed E-state index contributed by atoms with van der Waals surface area (Å²) in [5.41, 5.74) is 0.904. The van der Waals surface area contributed by atoms with Gasteiger partial charge in [0.1, 0.15) is 11.5 Å². The van der Waals surface area contributed by atoms with E-state index in [4.69, 9.17) is 14.2 Å². The molecule has 1 N–H and O–H groups in total. The molecule has 34 heavy (non-hydrogen) atoms. The first kappa shape index (κ1) is 25.7. The van der Waals surface area contributed by atoms with Crippen LogP contribution < -0.4 is 4.90 Å². The maximum Gasteiger partial charge on any atom is 0.356 e. The quantitative estimate of drug-likeness (QED) is 0.454. The van der Waals surface area contributed by atoms with Gasteiger partial charge in [-0.3, -0.25) is 4.40 Å². The minimum atomic E-state index is -1.12. The second kappa shape index (κ2) is 9.76. The van der Waals surface area contributed by atoms with E-state index in [0.717, 1.165) is 18.4 Å². The van der Waals surface area contributed by atoms with Crippen LogP contribution in [0.4, 0.5) is 5.82 Å². The molecule has 2 aromatic rings. The fourth-order valence-electron chi connectivity index (χ4n) is 4.27. The SMILES string of the molecule is C=CCOC1(C)CCN(c2c(C(OC(C)(C)C)C(=O)OC)c(C)cc3nc(C(=O)O)cn23)CC1. The number of fused-ring (bicyclic) bond motifs is 1. The molecule has 1 saturated heterocycles. The van der Waals surface area contributed by atoms with Crippen LogP contribution in [0.25, 0.3) is 5.65 Å². The maximum absolute atomic E-state index is 12.9. The van der Waals surface area contributed by atoms with Gasteiger partial charge in [0.05, 0.1) is 24.9 Å². The number of pyridine rings is 1. The van der Waals surface area contributed by atoms with E-state index >= 15 is 0 Å². The van der Waals surface area contributed by atoms with Crippen LogP contribution in [0.3, 0.4) is 0 Å². The van der Waals surface area contributed by atoms with Crippen molar-refractivity contribution in [3.63, 3.8) is 0 Å². The molecule has 0 radical (unpaired) electrons. The number of carbonyl (C=O) groups is 2. The molecule has 186 valence electrons. The smallest absolute Gasteiger partial charge is 0.356 e. The Morgan fingerprint density at radius 2 is 1.97 bits per heavy atom. The second-order valence-corrected chi connectivity index (χ2v) is 9.89. The summed E-state index contributed by atoms with van der Waals surface area (Å²) in [6, 6.07) is 1.77. The Labute approximate surface area is 200 Å². The Balaban J connectivity index is 2.17. The number of hydrogen-bond donors (Lipinski definition) is 1. The summed E-state index contributed by atoms with van der Waals surface area (Å²) in [6.07, 6.45) is 3.73. The molecule has 3 heterocycles. The molecular formula is C25H35N3O6. The molecule has 1 fully saturated rings. The van der Waals surface area contributed by atoms with Crippen LogP contribution in [0, 0.1) is 6.92 Å². The number of aromatic carboxylic acids is 1. The van der Waals surface area contributed by atoms with E-state index in [9.17, 15) is 14.7 Å². The molecule has 1 aliphatic rings. The Hall–Kier alpha value is -2.91. The average molecular weight is 474 g/mol. The highest BCUT2D eigenvalue weighted by atomic mass is 16.6. The summed E-state index contributed by atoms with van der Waals surface area (Å²) >= 11 is 0. The molecule has 0 saturated carbocycles. The van der Waals surface area contributed by atoms with Crippen molar-refractivity contribution in [2.75, 3.05) is 31.7 Å². The van der Waals surface area contributed by atoms with Crippen LogP contribution >= 0.6 is 0 Å². The lowest BCUT2D eigenvalue weighted by Gasteiger charge is -2.41. The lowest BCUT2D eigenvalue weighted by Crippen LogP contribution is -2.45. The highest BCUT2D eigenvalue weighted by molar-refractivity contribution is 5.87. The molecule has 0 bridgehead atoms. The van der Waals surface area contributed by atoms with Gasteiger partial charge in [-0.25, -0.2) is 14.6 Å². The lowest BCUT2D eigenvalue weighted by molar-refractivity contribution is -0.164. The Bertz CT molecular complexity index is 1080. The van der Waals surface area contributed by atoms with E-state index < -0.39 is 23.6 Å². The monoisotopic (exact) mass is 473 g/mol. The number of anilines is 1. The zero-order valence-electron chi connectivity index (χ0n) is 20.9. The summed E-state index contributed by atoms with van der Waals surface area (Å²) in [4.78, 5) is 31.0. The molecule has 0 spiro atoms. The van der Waals surface area contributed by atoms with Gasteiger partial charge < -0.3 is 24.2 Å². The number of hydrogen-bond acceptors (Lipinski definition) is 7. The Kier molecular flexibility index (Phi) is 7.38. The largest absolute Gasteiger partial charge is 0.476 e. The molecular weight excluding hydrogens is 438 g/mol. The van der Waals surface area contributed by atoms with Crippen molar-refractivity contribution in [3.8, 4) is 0 Å². The van der Waals surface area contributed by atoms with Gasteiger partial charge in [0.2, 0.25) is 0 Å². The van der Waals surface area contributed by atoms with Crippen molar-refractivity contribution in [1.82, 2.24) is 9.38 Å². The normalized spacial score (nSPS) is 16.9. The van der Waals surface area contributed by atoms with Crippen molar-refractivity contribution in [1.29, 1.82) is 0 Å². The number of aromatic nitrogens is 2. The third-order valence-electron chi connectivity index (χ3n) is 6.01. The molecule has 9 heteroatoms. The van der Waals surface area contributed by atoms with Crippen molar-refractivity contribution in [2.45, 2.75) is 64.8 Å². The number of esters is 1. The third-order valence-corrected chi connectivity index (χ3v) is 6.01. The number of carboxylic acid groups (broad SMARTS) is 1. The van der Waals surface area contributed by atoms with Crippen molar-refractivity contribution in [2.24, 2.45) is 0 Å². The van der Waals surface area contributed by atoms with Crippen LogP contribution in [0.2, 0.25) is 0 Å². The van der Waals surface area contributed by atoms with Crippen molar-refractivity contribution in [3.05, 3.63) is 41.7 Å². The molecule has 3 rings (SSSR count). The van der Waals surface area contributed by atoms with E-state index in [1.54, 1.807) is 16.5 Å². The number of piperidine rings is 1. The molecule has 1 atom stereocenters. The van der Waals surface area contributed by atoms with Gasteiger partial charge in [0, 0.05) is 24.8 Å². The average Bonchev–Trinajstić information content (AvgIpc) is 3.19. The minimum absolute atomic E-state index is 0.0691. The summed E-state index contributed by atoms with van der Waals surface area (Å²) in [7, 11) is 1.33. The van der Waals surface area contributed by atoms with Crippen molar-refractivity contribution < 1.29 is 28.9 Å². The molecule has 0 aliphatic carbocycles. The molecule has 9 nitrogen and oxygen atoms in total. The summed E-state index contributed by atoms with van der Waals surface area (Å²) in [5, 5.41) is 9.55. The Morgan fingerprint density at radius 3 is 2.50 bits per heavy atom. The number of aryl methyl sites for hydroxylation is 1. The number of carboxylic acids is 1. The zero-order chi connectivity index (χ0) is 25.3. The number of carbonyl (C=O) groups excluding carboxylic acids is 1. The first-order valence-electron chi connectivity index (χ1n) is 11.4. The fourth-order valence-corrected chi connectivity index (χ4v) is 4.27. The Morgan fingerprint density at radius 1 is 1.32 bits per heavy atom. The van der Waals surface area contributed by atoms with E-state index in [2.05, 4.69) is 23.4 Å². The molecule has 1 aliphatic heterocycles. The van der Waals surface area contributed by atoms with Gasteiger partial charge in [0.25, 0.3) is 0 Å². The van der Waals surface area contributed by atoms with E-state index in [-0.39, 0.29) is 11.3 Å². The van der Waals surface area contributed by atoms with Gasteiger partial charge >= 0.3 is 11.9 Å².